The summed E-state index contributed by atoms with van der Waals surface area (Å²) in [4.78, 5) is 19.0. The molecule has 0 radical (unpaired) electrons. The van der Waals surface area contributed by atoms with Gasteiger partial charge in [0.25, 0.3) is 0 Å². The molecule has 1 N–H and O–H groups in total. The van der Waals surface area contributed by atoms with E-state index in [1.807, 2.05) is 60.7 Å². The summed E-state index contributed by atoms with van der Waals surface area (Å²) in [7, 11) is 1.57. The minimum atomic E-state index is -0.920. The lowest BCUT2D eigenvalue weighted by Crippen LogP contribution is -2.44. The molecule has 1 aliphatic rings. The van der Waals surface area contributed by atoms with Crippen molar-refractivity contribution < 1.29 is 19.4 Å². The number of ether oxygens (including phenoxy) is 2. The fourth-order valence-corrected chi connectivity index (χ4v) is 3.92. The summed E-state index contributed by atoms with van der Waals surface area (Å²) in [6, 6.07) is 20.9. The minimum Gasteiger partial charge on any atom is -0.489 e. The van der Waals surface area contributed by atoms with Crippen LogP contribution in [0, 0.1) is 0 Å². The molecule has 6 nitrogen and oxygen atoms in total. The minimum absolute atomic E-state index is 0.0659. The average Bonchev–Trinajstić information content (AvgIpc) is 2.85. The zero-order valence-corrected chi connectivity index (χ0v) is 18.2. The first kappa shape index (κ1) is 22.0. The van der Waals surface area contributed by atoms with Gasteiger partial charge in [0, 0.05) is 36.5 Å². The number of likely N-dealkylation sites (tertiary alicyclic amines) is 1. The van der Waals surface area contributed by atoms with E-state index in [4.69, 9.17) is 9.47 Å². The van der Waals surface area contributed by atoms with Crippen molar-refractivity contribution in [2.75, 3.05) is 26.7 Å². The Morgan fingerprint density at radius 3 is 2.38 bits per heavy atom. The van der Waals surface area contributed by atoms with Crippen LogP contribution in [-0.4, -0.2) is 47.5 Å². The molecule has 0 amide bonds. The molecule has 0 unspecified atom stereocenters. The van der Waals surface area contributed by atoms with E-state index in [1.165, 1.54) is 0 Å². The Morgan fingerprint density at radius 2 is 1.75 bits per heavy atom. The highest BCUT2D eigenvalue weighted by Crippen LogP contribution is 2.33. The second-order valence-corrected chi connectivity index (χ2v) is 8.12. The standard InChI is InChI=1S/C26H28N2O4/c1-31-25-12-9-22(17-27-25)26(30)13-15-28(16-14-26)18-24(29)21-7-10-23(11-8-21)32-19-20-5-3-2-4-6-20/h2-12,17,30H,13-16,18-19H2,1H3. The molecule has 3 aromatic rings. The van der Waals surface area contributed by atoms with Gasteiger partial charge in [0.15, 0.2) is 5.78 Å². The van der Waals surface area contributed by atoms with E-state index in [1.54, 1.807) is 19.4 Å². The first-order chi connectivity index (χ1) is 15.6. The average molecular weight is 433 g/mol. The topological polar surface area (TPSA) is 71.9 Å². The van der Waals surface area contributed by atoms with E-state index >= 15 is 0 Å². The second-order valence-electron chi connectivity index (χ2n) is 8.12. The molecule has 166 valence electrons. The normalized spacial score (nSPS) is 15.8. The number of hydrogen-bond donors (Lipinski definition) is 1. The molecule has 1 aliphatic heterocycles. The molecule has 1 saturated heterocycles. The molecular formula is C26H28N2O4. The summed E-state index contributed by atoms with van der Waals surface area (Å²) >= 11 is 0. The largest absolute Gasteiger partial charge is 0.489 e. The van der Waals surface area contributed by atoms with Gasteiger partial charge in [0.05, 0.1) is 19.3 Å². The molecule has 0 atom stereocenters. The van der Waals surface area contributed by atoms with E-state index in [-0.39, 0.29) is 5.78 Å². The third kappa shape index (κ3) is 5.33. The number of aliphatic hydroxyl groups is 1. The van der Waals surface area contributed by atoms with Gasteiger partial charge in [-0.2, -0.15) is 0 Å². The van der Waals surface area contributed by atoms with Crippen LogP contribution in [0.1, 0.15) is 34.3 Å². The highest BCUT2D eigenvalue weighted by molar-refractivity contribution is 5.97. The maximum atomic E-state index is 12.7. The van der Waals surface area contributed by atoms with Gasteiger partial charge in [0.2, 0.25) is 5.88 Å². The monoisotopic (exact) mass is 432 g/mol. The zero-order valence-electron chi connectivity index (χ0n) is 18.2. The van der Waals surface area contributed by atoms with Gasteiger partial charge in [-0.05, 0) is 48.7 Å². The smallest absolute Gasteiger partial charge is 0.212 e. The van der Waals surface area contributed by atoms with E-state index in [2.05, 4.69) is 9.88 Å². The van der Waals surface area contributed by atoms with E-state index < -0.39 is 5.60 Å². The highest BCUT2D eigenvalue weighted by Gasteiger charge is 2.34. The summed E-state index contributed by atoms with van der Waals surface area (Å²) in [5, 5.41) is 11.0. The van der Waals surface area contributed by atoms with Crippen molar-refractivity contribution >= 4 is 5.78 Å². The number of rotatable bonds is 8. The predicted octanol–water partition coefficient (Wildman–Crippen LogP) is 3.84. The molecule has 0 saturated carbocycles. The molecular weight excluding hydrogens is 404 g/mol. The molecule has 4 rings (SSSR count). The number of Topliss-reactive ketones (excluding diaryl/α,β-unsaturated/α-hetero) is 1. The van der Waals surface area contributed by atoms with Crippen LogP contribution in [0.4, 0.5) is 0 Å². The Bertz CT molecular complexity index is 1010. The SMILES string of the molecule is COc1ccc(C2(O)CCN(CC(=O)c3ccc(OCc4ccccc4)cc3)CC2)cn1. The number of methoxy groups -OCH3 is 1. The molecule has 2 aromatic carbocycles. The van der Waals surface area contributed by atoms with E-state index in [0.717, 1.165) is 16.9 Å². The van der Waals surface area contributed by atoms with Crippen LogP contribution in [0.25, 0.3) is 0 Å². The summed E-state index contributed by atoms with van der Waals surface area (Å²) in [6.45, 7) is 2.12. The summed E-state index contributed by atoms with van der Waals surface area (Å²) in [5.41, 5.74) is 1.63. The Hall–Kier alpha value is -3.22. The molecule has 1 fully saturated rings. The molecule has 2 heterocycles. The Kier molecular flexibility index (Phi) is 6.83. The van der Waals surface area contributed by atoms with Crippen LogP contribution in [0.15, 0.2) is 72.9 Å². The molecule has 1 aromatic heterocycles. The van der Waals surface area contributed by atoms with Crippen molar-refractivity contribution in [3.63, 3.8) is 0 Å². The van der Waals surface area contributed by atoms with Crippen LogP contribution in [0.5, 0.6) is 11.6 Å². The molecule has 0 spiro atoms. The van der Waals surface area contributed by atoms with E-state index in [9.17, 15) is 9.90 Å². The van der Waals surface area contributed by atoms with Gasteiger partial charge in [-0.15, -0.1) is 0 Å². The lowest BCUT2D eigenvalue weighted by molar-refractivity contribution is -0.0248. The fourth-order valence-electron chi connectivity index (χ4n) is 3.92. The molecule has 0 aliphatic carbocycles. The summed E-state index contributed by atoms with van der Waals surface area (Å²) < 4.78 is 10.9. The van der Waals surface area contributed by atoms with Gasteiger partial charge in [-0.3, -0.25) is 9.69 Å². The highest BCUT2D eigenvalue weighted by atomic mass is 16.5. The van der Waals surface area contributed by atoms with Crippen molar-refractivity contribution in [1.29, 1.82) is 0 Å². The fraction of sp³-hybridized carbons (Fsp3) is 0.308. The lowest BCUT2D eigenvalue weighted by atomic mass is 9.85. The van der Waals surface area contributed by atoms with Gasteiger partial charge >= 0.3 is 0 Å². The number of aromatic nitrogens is 1. The Morgan fingerprint density at radius 1 is 1.03 bits per heavy atom. The number of benzene rings is 2. The number of ketones is 1. The predicted molar refractivity (Wildman–Crippen MR) is 122 cm³/mol. The third-order valence-corrected chi connectivity index (χ3v) is 5.96. The molecule has 0 bridgehead atoms. The van der Waals surface area contributed by atoms with Crippen molar-refractivity contribution in [3.8, 4) is 11.6 Å². The number of carbonyl (C=O) groups is 1. The lowest BCUT2D eigenvalue weighted by Gasteiger charge is -2.38. The summed E-state index contributed by atoms with van der Waals surface area (Å²) in [6.07, 6.45) is 2.78. The number of piperidine rings is 1. The van der Waals surface area contributed by atoms with Crippen molar-refractivity contribution in [3.05, 3.63) is 89.6 Å². The second kappa shape index (κ2) is 9.94. The first-order valence-electron chi connectivity index (χ1n) is 10.8. The zero-order chi connectivity index (χ0) is 22.4. The van der Waals surface area contributed by atoms with Crippen molar-refractivity contribution in [2.24, 2.45) is 0 Å². The van der Waals surface area contributed by atoms with Gasteiger partial charge in [-0.1, -0.05) is 30.3 Å². The van der Waals surface area contributed by atoms with Crippen LogP contribution in [0.2, 0.25) is 0 Å². The summed E-state index contributed by atoms with van der Waals surface area (Å²) in [5.74, 6) is 1.33. The number of carbonyl (C=O) groups excluding carboxylic acids is 1. The van der Waals surface area contributed by atoms with Crippen molar-refractivity contribution in [2.45, 2.75) is 25.0 Å². The van der Waals surface area contributed by atoms with Crippen LogP contribution in [-0.2, 0) is 12.2 Å². The van der Waals surface area contributed by atoms with Crippen LogP contribution < -0.4 is 9.47 Å². The van der Waals surface area contributed by atoms with Gasteiger partial charge in [-0.25, -0.2) is 4.98 Å². The molecule has 32 heavy (non-hydrogen) atoms. The third-order valence-electron chi connectivity index (χ3n) is 5.96. The quantitative estimate of drug-likeness (QED) is 0.546. The Balaban J connectivity index is 1.28. The van der Waals surface area contributed by atoms with Crippen LogP contribution >= 0.6 is 0 Å². The Labute approximate surface area is 188 Å². The maximum Gasteiger partial charge on any atom is 0.212 e. The van der Waals surface area contributed by atoms with Gasteiger partial charge < -0.3 is 14.6 Å². The first-order valence-corrected chi connectivity index (χ1v) is 10.8. The van der Waals surface area contributed by atoms with Gasteiger partial charge in [0.1, 0.15) is 12.4 Å². The number of nitrogens with zero attached hydrogens (tertiary/aromatic N) is 2. The maximum absolute atomic E-state index is 12.7. The molecule has 6 heteroatoms. The van der Waals surface area contributed by atoms with Crippen LogP contribution in [0.3, 0.4) is 0 Å². The van der Waals surface area contributed by atoms with Crippen molar-refractivity contribution in [1.82, 2.24) is 9.88 Å². The van der Waals surface area contributed by atoms with E-state index in [0.29, 0.717) is 50.5 Å². The number of hydrogen-bond acceptors (Lipinski definition) is 6. The number of pyridine rings is 1.